The topological polar surface area (TPSA) is 57.0 Å². The van der Waals surface area contributed by atoms with Crippen molar-refractivity contribution in [3.05, 3.63) is 71.5 Å². The first-order valence-corrected chi connectivity index (χ1v) is 10.9. The maximum atomic E-state index is 13.1. The highest BCUT2D eigenvalue weighted by Crippen LogP contribution is 2.41. The number of benzene rings is 2. The smallest absolute Gasteiger partial charge is 0.192 e. The number of thioether (sulfide) groups is 1. The third kappa shape index (κ3) is 4.53. The summed E-state index contributed by atoms with van der Waals surface area (Å²) in [4.78, 5) is 13.1. The molecule has 0 amide bonds. The molecule has 1 unspecified atom stereocenters. The number of ketones is 1. The van der Waals surface area contributed by atoms with Gasteiger partial charge in [-0.15, -0.1) is 10.2 Å². The Morgan fingerprint density at radius 2 is 1.86 bits per heavy atom. The Balaban J connectivity index is 1.57. The van der Waals surface area contributed by atoms with Crippen LogP contribution in [0.5, 0.6) is 5.75 Å². The molecule has 0 N–H and O–H groups in total. The molecule has 0 bridgehead atoms. The molecule has 4 rings (SSSR count). The van der Waals surface area contributed by atoms with E-state index in [1.54, 1.807) is 7.11 Å². The number of carbonyl (C=O) groups is 1. The van der Waals surface area contributed by atoms with Crippen molar-refractivity contribution in [2.45, 2.75) is 49.1 Å². The molecule has 150 valence electrons. The van der Waals surface area contributed by atoms with Crippen molar-refractivity contribution in [2.75, 3.05) is 7.11 Å². The van der Waals surface area contributed by atoms with Crippen molar-refractivity contribution in [3.8, 4) is 5.75 Å². The van der Waals surface area contributed by atoms with Gasteiger partial charge in [0.25, 0.3) is 0 Å². The number of Topliss-reactive ketones (excluding diaryl/α,β-unsaturated/α-hetero) is 1. The number of ether oxygens (including phenoxy) is 1. The van der Waals surface area contributed by atoms with Crippen LogP contribution in [0.25, 0.3) is 0 Å². The van der Waals surface area contributed by atoms with Crippen molar-refractivity contribution in [1.82, 2.24) is 14.8 Å². The van der Waals surface area contributed by atoms with Crippen molar-refractivity contribution in [2.24, 2.45) is 0 Å². The predicted molar refractivity (Wildman–Crippen MR) is 115 cm³/mol. The number of hydrogen-bond donors (Lipinski definition) is 0. The minimum absolute atomic E-state index is 0.113. The minimum atomic E-state index is -0.200. The van der Waals surface area contributed by atoms with Crippen LogP contribution < -0.4 is 4.74 Å². The van der Waals surface area contributed by atoms with Crippen LogP contribution in [0.3, 0.4) is 0 Å². The standard InChI is InChI=1S/C23H25N3O2S/c1-3-20(21(27)17-11-13-19(28-2)14-12-17)29-23-25-24-22(18-9-10-18)26(23)15-16-7-5-4-6-8-16/h4-8,11-14,18,20H,3,9-10,15H2,1-2H3. The number of nitrogens with zero attached hydrogens (tertiary/aromatic N) is 3. The fourth-order valence-corrected chi connectivity index (χ4v) is 4.37. The molecule has 1 fully saturated rings. The van der Waals surface area contributed by atoms with Crippen molar-refractivity contribution >= 4 is 17.5 Å². The molecule has 0 saturated heterocycles. The molecule has 1 saturated carbocycles. The van der Waals surface area contributed by atoms with E-state index in [4.69, 9.17) is 4.74 Å². The zero-order valence-corrected chi connectivity index (χ0v) is 17.6. The molecule has 2 aromatic carbocycles. The van der Waals surface area contributed by atoms with Gasteiger partial charge in [0, 0.05) is 11.5 Å². The van der Waals surface area contributed by atoms with Gasteiger partial charge in [-0.3, -0.25) is 4.79 Å². The molecule has 0 spiro atoms. The van der Waals surface area contributed by atoms with E-state index in [1.165, 1.54) is 30.2 Å². The van der Waals surface area contributed by atoms with E-state index in [9.17, 15) is 4.79 Å². The van der Waals surface area contributed by atoms with E-state index in [-0.39, 0.29) is 11.0 Å². The second-order valence-electron chi connectivity index (χ2n) is 7.29. The summed E-state index contributed by atoms with van der Waals surface area (Å²) in [6.07, 6.45) is 3.06. The third-order valence-electron chi connectivity index (χ3n) is 5.16. The van der Waals surface area contributed by atoms with Crippen LogP contribution >= 0.6 is 11.8 Å². The first-order chi connectivity index (χ1) is 14.2. The van der Waals surface area contributed by atoms with Crippen LogP contribution in [0.2, 0.25) is 0 Å². The second-order valence-corrected chi connectivity index (χ2v) is 8.46. The van der Waals surface area contributed by atoms with E-state index in [0.717, 1.165) is 29.7 Å². The van der Waals surface area contributed by atoms with Gasteiger partial charge in [0.05, 0.1) is 18.9 Å². The maximum Gasteiger partial charge on any atom is 0.192 e. The van der Waals surface area contributed by atoms with Gasteiger partial charge >= 0.3 is 0 Å². The highest BCUT2D eigenvalue weighted by atomic mass is 32.2. The van der Waals surface area contributed by atoms with Gasteiger partial charge < -0.3 is 9.30 Å². The number of rotatable bonds is 9. The zero-order chi connectivity index (χ0) is 20.2. The third-order valence-corrected chi connectivity index (χ3v) is 6.50. The first-order valence-electron chi connectivity index (χ1n) is 10.0. The van der Waals surface area contributed by atoms with Gasteiger partial charge in [-0.05, 0) is 49.1 Å². The lowest BCUT2D eigenvalue weighted by molar-refractivity contribution is 0.0988. The molecule has 3 aromatic rings. The van der Waals surface area contributed by atoms with Gasteiger partial charge in [0.1, 0.15) is 11.6 Å². The minimum Gasteiger partial charge on any atom is -0.497 e. The van der Waals surface area contributed by atoms with E-state index >= 15 is 0 Å². The van der Waals surface area contributed by atoms with Gasteiger partial charge in [0.2, 0.25) is 0 Å². The molecular weight excluding hydrogens is 382 g/mol. The lowest BCUT2D eigenvalue weighted by Gasteiger charge is -2.15. The average molecular weight is 408 g/mol. The van der Waals surface area contributed by atoms with Gasteiger partial charge in [-0.2, -0.15) is 0 Å². The zero-order valence-electron chi connectivity index (χ0n) is 16.7. The Hall–Kier alpha value is -2.60. The van der Waals surface area contributed by atoms with Crippen LogP contribution in [-0.4, -0.2) is 32.9 Å². The molecule has 5 nitrogen and oxygen atoms in total. The van der Waals surface area contributed by atoms with Gasteiger partial charge in [-0.1, -0.05) is 49.0 Å². The highest BCUT2D eigenvalue weighted by Gasteiger charge is 2.31. The Morgan fingerprint density at radius 1 is 1.14 bits per heavy atom. The fraction of sp³-hybridized carbons (Fsp3) is 0.348. The molecule has 1 aromatic heterocycles. The molecule has 0 aliphatic heterocycles. The van der Waals surface area contributed by atoms with E-state index in [2.05, 4.69) is 26.9 Å². The normalized spacial score (nSPS) is 14.6. The molecular formula is C23H25N3O2S. The fourth-order valence-electron chi connectivity index (χ4n) is 3.34. The summed E-state index contributed by atoms with van der Waals surface area (Å²) in [5.74, 6) is 2.40. The average Bonchev–Trinajstić information content (AvgIpc) is 3.54. The predicted octanol–water partition coefficient (Wildman–Crippen LogP) is 4.97. The number of carbonyl (C=O) groups excluding carboxylic acids is 1. The van der Waals surface area contributed by atoms with Gasteiger partial charge in [0.15, 0.2) is 10.9 Å². The molecule has 1 heterocycles. The summed E-state index contributed by atoms with van der Waals surface area (Å²) in [6, 6.07) is 17.7. The summed E-state index contributed by atoms with van der Waals surface area (Å²) in [5, 5.41) is 9.57. The summed E-state index contributed by atoms with van der Waals surface area (Å²) in [7, 11) is 1.62. The van der Waals surface area contributed by atoms with Crippen LogP contribution in [0, 0.1) is 0 Å². The Kier molecular flexibility index (Phi) is 6.00. The van der Waals surface area contributed by atoms with Crippen molar-refractivity contribution in [1.29, 1.82) is 0 Å². The van der Waals surface area contributed by atoms with Crippen molar-refractivity contribution in [3.63, 3.8) is 0 Å². The van der Waals surface area contributed by atoms with Gasteiger partial charge in [-0.25, -0.2) is 0 Å². The van der Waals surface area contributed by atoms with Crippen LogP contribution in [-0.2, 0) is 6.54 Å². The van der Waals surface area contributed by atoms with Crippen molar-refractivity contribution < 1.29 is 9.53 Å². The monoisotopic (exact) mass is 407 g/mol. The first kappa shape index (κ1) is 19.7. The molecule has 6 heteroatoms. The van der Waals surface area contributed by atoms with E-state index in [1.807, 2.05) is 49.4 Å². The lowest BCUT2D eigenvalue weighted by atomic mass is 10.1. The highest BCUT2D eigenvalue weighted by molar-refractivity contribution is 8.00. The largest absolute Gasteiger partial charge is 0.497 e. The molecule has 1 atom stereocenters. The Labute approximate surface area is 175 Å². The summed E-state index contributed by atoms with van der Waals surface area (Å²) < 4.78 is 7.39. The molecule has 1 aliphatic carbocycles. The molecule has 0 radical (unpaired) electrons. The lowest BCUT2D eigenvalue weighted by Crippen LogP contribution is -2.18. The number of hydrogen-bond acceptors (Lipinski definition) is 5. The summed E-state index contributed by atoms with van der Waals surface area (Å²) in [5.41, 5.74) is 1.91. The molecule has 29 heavy (non-hydrogen) atoms. The Morgan fingerprint density at radius 3 is 2.48 bits per heavy atom. The summed E-state index contributed by atoms with van der Waals surface area (Å²) >= 11 is 1.52. The van der Waals surface area contributed by atoms with E-state index < -0.39 is 0 Å². The number of methoxy groups -OCH3 is 1. The van der Waals surface area contributed by atoms with Crippen LogP contribution in [0.15, 0.2) is 59.8 Å². The molecule has 1 aliphatic rings. The Bertz CT molecular complexity index is 966. The number of aromatic nitrogens is 3. The second kappa shape index (κ2) is 8.82. The van der Waals surface area contributed by atoms with E-state index in [0.29, 0.717) is 11.5 Å². The van der Waals surface area contributed by atoms with Crippen LogP contribution in [0.1, 0.15) is 53.8 Å². The SMILES string of the molecule is CCC(Sc1nnc(C2CC2)n1Cc1ccccc1)C(=O)c1ccc(OC)cc1. The quantitative estimate of drug-likeness (QED) is 0.370. The van der Waals surface area contributed by atoms with Crippen LogP contribution in [0.4, 0.5) is 0 Å². The maximum absolute atomic E-state index is 13.1. The summed E-state index contributed by atoms with van der Waals surface area (Å²) in [6.45, 7) is 2.77.